The van der Waals surface area contributed by atoms with Gasteiger partial charge in [-0.2, -0.15) is 0 Å². The van der Waals surface area contributed by atoms with Crippen LogP contribution in [0.3, 0.4) is 0 Å². The zero-order valence-corrected chi connectivity index (χ0v) is 8.82. The van der Waals surface area contributed by atoms with Crippen molar-refractivity contribution in [1.29, 1.82) is 0 Å². The van der Waals surface area contributed by atoms with E-state index < -0.39 is 0 Å². The minimum atomic E-state index is 0.578. The van der Waals surface area contributed by atoms with Gasteiger partial charge in [0.2, 0.25) is 0 Å². The lowest BCUT2D eigenvalue weighted by atomic mass is 10.3. The molecule has 0 spiro atoms. The predicted molar refractivity (Wildman–Crippen MR) is 56.4 cm³/mol. The number of hydrogen-bond acceptors (Lipinski definition) is 3. The average Bonchev–Trinajstić information content (AvgIpc) is 2.53. The van der Waals surface area contributed by atoms with Gasteiger partial charge in [-0.25, -0.2) is 9.97 Å². The first-order valence-electron chi connectivity index (χ1n) is 4.19. The summed E-state index contributed by atoms with van der Waals surface area (Å²) in [6.07, 6.45) is 1.94. The van der Waals surface area contributed by atoms with Crippen LogP contribution >= 0.6 is 22.9 Å². The molecule has 0 aliphatic carbocycles. The molecule has 2 nitrogen and oxygen atoms in total. The fraction of sp³-hybridized carbons (Fsp3) is 0.333. The van der Waals surface area contributed by atoms with Crippen molar-refractivity contribution in [3.8, 4) is 0 Å². The molecule has 0 aliphatic rings. The van der Waals surface area contributed by atoms with Crippen LogP contribution in [0.5, 0.6) is 0 Å². The molecule has 0 aromatic carbocycles. The lowest BCUT2D eigenvalue weighted by molar-refractivity contribution is 0.845. The highest BCUT2D eigenvalue weighted by Crippen LogP contribution is 2.23. The van der Waals surface area contributed by atoms with Gasteiger partial charge in [0, 0.05) is 22.6 Å². The van der Waals surface area contributed by atoms with Crippen molar-refractivity contribution in [2.45, 2.75) is 19.8 Å². The molecule has 0 fully saturated rings. The first-order valence-corrected chi connectivity index (χ1v) is 5.51. The number of fused-ring (bicyclic) bond motifs is 1. The van der Waals surface area contributed by atoms with E-state index in [2.05, 4.69) is 16.9 Å². The molecule has 0 N–H and O–H groups in total. The number of halogens is 1. The van der Waals surface area contributed by atoms with E-state index in [1.54, 1.807) is 11.3 Å². The fourth-order valence-corrected chi connectivity index (χ4v) is 2.26. The Morgan fingerprint density at radius 3 is 3.00 bits per heavy atom. The number of nitrogens with zero attached hydrogens (tertiary/aromatic N) is 2. The third-order valence-electron chi connectivity index (χ3n) is 1.81. The lowest BCUT2D eigenvalue weighted by Gasteiger charge is -1.98. The van der Waals surface area contributed by atoms with E-state index in [1.807, 2.05) is 10.8 Å². The average molecular weight is 213 g/mol. The van der Waals surface area contributed by atoms with Crippen LogP contribution in [0.15, 0.2) is 10.8 Å². The second-order valence-corrected chi connectivity index (χ2v) is 3.95. The SMILES string of the molecule is CCCc1nc(Cl)c2cscc2n1. The van der Waals surface area contributed by atoms with Crippen molar-refractivity contribution in [1.82, 2.24) is 9.97 Å². The van der Waals surface area contributed by atoms with Crippen LogP contribution < -0.4 is 0 Å². The van der Waals surface area contributed by atoms with Gasteiger partial charge >= 0.3 is 0 Å². The smallest absolute Gasteiger partial charge is 0.141 e. The van der Waals surface area contributed by atoms with E-state index in [0.29, 0.717) is 5.15 Å². The van der Waals surface area contributed by atoms with E-state index in [0.717, 1.165) is 29.6 Å². The van der Waals surface area contributed by atoms with E-state index >= 15 is 0 Å². The maximum Gasteiger partial charge on any atom is 0.141 e. The number of aryl methyl sites for hydroxylation is 1. The van der Waals surface area contributed by atoms with Gasteiger partial charge in [0.1, 0.15) is 11.0 Å². The van der Waals surface area contributed by atoms with Gasteiger partial charge in [0.05, 0.1) is 5.52 Å². The predicted octanol–water partition coefficient (Wildman–Crippen LogP) is 3.30. The summed E-state index contributed by atoms with van der Waals surface area (Å²) >= 11 is 7.60. The van der Waals surface area contributed by atoms with Crippen LogP contribution in [-0.4, -0.2) is 9.97 Å². The Kier molecular flexibility index (Phi) is 2.47. The molecule has 2 aromatic rings. The van der Waals surface area contributed by atoms with Crippen LogP contribution in [0.1, 0.15) is 19.2 Å². The van der Waals surface area contributed by atoms with Crippen molar-refractivity contribution in [2.24, 2.45) is 0 Å². The largest absolute Gasteiger partial charge is 0.232 e. The van der Waals surface area contributed by atoms with E-state index in [-0.39, 0.29) is 0 Å². The Bertz CT molecular complexity index is 424. The van der Waals surface area contributed by atoms with Gasteiger partial charge in [-0.3, -0.25) is 0 Å². The molecule has 68 valence electrons. The second kappa shape index (κ2) is 3.60. The maximum atomic E-state index is 5.99. The van der Waals surface area contributed by atoms with Crippen molar-refractivity contribution >= 4 is 33.8 Å². The van der Waals surface area contributed by atoms with Crippen molar-refractivity contribution < 1.29 is 0 Å². The quantitative estimate of drug-likeness (QED) is 0.714. The Labute approximate surface area is 85.6 Å². The third-order valence-corrected chi connectivity index (χ3v) is 2.83. The summed E-state index contributed by atoms with van der Waals surface area (Å²) < 4.78 is 0. The number of rotatable bonds is 2. The summed E-state index contributed by atoms with van der Waals surface area (Å²) in [4.78, 5) is 8.62. The normalized spacial score (nSPS) is 10.9. The third kappa shape index (κ3) is 1.67. The molecular formula is C9H9ClN2S. The maximum absolute atomic E-state index is 5.99. The van der Waals surface area contributed by atoms with E-state index in [9.17, 15) is 0 Å². The first kappa shape index (κ1) is 8.91. The van der Waals surface area contributed by atoms with Gasteiger partial charge in [-0.05, 0) is 6.42 Å². The van der Waals surface area contributed by atoms with E-state index in [1.165, 1.54) is 0 Å². The summed E-state index contributed by atoms with van der Waals surface area (Å²) in [6, 6.07) is 0. The highest BCUT2D eigenvalue weighted by atomic mass is 35.5. The summed E-state index contributed by atoms with van der Waals surface area (Å²) in [7, 11) is 0. The van der Waals surface area contributed by atoms with Gasteiger partial charge in [-0.15, -0.1) is 11.3 Å². The van der Waals surface area contributed by atoms with Crippen molar-refractivity contribution in [3.63, 3.8) is 0 Å². The molecule has 0 atom stereocenters. The standard InChI is InChI=1S/C9H9ClN2S/c1-2-3-8-11-7-5-13-4-6(7)9(10)12-8/h4-5H,2-3H2,1H3. The fourth-order valence-electron chi connectivity index (χ4n) is 1.20. The zero-order chi connectivity index (χ0) is 9.26. The molecule has 0 saturated heterocycles. The number of thiophene rings is 1. The molecule has 2 aromatic heterocycles. The van der Waals surface area contributed by atoms with Crippen LogP contribution in [0.4, 0.5) is 0 Å². The molecule has 0 aliphatic heterocycles. The molecule has 0 saturated carbocycles. The highest BCUT2D eigenvalue weighted by molar-refractivity contribution is 7.09. The molecule has 4 heteroatoms. The minimum Gasteiger partial charge on any atom is -0.232 e. The summed E-state index contributed by atoms with van der Waals surface area (Å²) in [6.45, 7) is 2.11. The lowest BCUT2D eigenvalue weighted by Crippen LogP contribution is -1.94. The number of aromatic nitrogens is 2. The van der Waals surface area contributed by atoms with Gasteiger partial charge < -0.3 is 0 Å². The molecule has 0 unspecified atom stereocenters. The van der Waals surface area contributed by atoms with Crippen LogP contribution in [0.2, 0.25) is 5.15 Å². The Hall–Kier alpha value is -0.670. The van der Waals surface area contributed by atoms with Gasteiger partial charge in [-0.1, -0.05) is 18.5 Å². The van der Waals surface area contributed by atoms with Crippen LogP contribution in [0, 0.1) is 0 Å². The van der Waals surface area contributed by atoms with Crippen LogP contribution in [-0.2, 0) is 6.42 Å². The molecule has 0 radical (unpaired) electrons. The molecular weight excluding hydrogens is 204 g/mol. The number of hydrogen-bond donors (Lipinski definition) is 0. The zero-order valence-electron chi connectivity index (χ0n) is 7.25. The Balaban J connectivity index is 2.56. The second-order valence-electron chi connectivity index (χ2n) is 2.85. The first-order chi connectivity index (χ1) is 6.31. The minimum absolute atomic E-state index is 0.578. The Morgan fingerprint density at radius 1 is 1.38 bits per heavy atom. The molecule has 0 bridgehead atoms. The molecule has 2 heterocycles. The van der Waals surface area contributed by atoms with E-state index in [4.69, 9.17) is 11.6 Å². The van der Waals surface area contributed by atoms with Gasteiger partial charge in [0.15, 0.2) is 0 Å². The topological polar surface area (TPSA) is 25.8 Å². The summed E-state index contributed by atoms with van der Waals surface area (Å²) in [5.74, 6) is 0.846. The van der Waals surface area contributed by atoms with Crippen molar-refractivity contribution in [2.75, 3.05) is 0 Å². The Morgan fingerprint density at radius 2 is 2.23 bits per heavy atom. The highest BCUT2D eigenvalue weighted by Gasteiger charge is 2.05. The van der Waals surface area contributed by atoms with Crippen LogP contribution in [0.25, 0.3) is 10.9 Å². The molecule has 0 amide bonds. The summed E-state index contributed by atoms with van der Waals surface area (Å²) in [5.41, 5.74) is 0.966. The summed E-state index contributed by atoms with van der Waals surface area (Å²) in [5, 5.41) is 5.52. The monoisotopic (exact) mass is 212 g/mol. The van der Waals surface area contributed by atoms with Crippen molar-refractivity contribution in [3.05, 3.63) is 21.7 Å². The van der Waals surface area contributed by atoms with Gasteiger partial charge in [0.25, 0.3) is 0 Å². The molecule has 13 heavy (non-hydrogen) atoms. The molecule has 2 rings (SSSR count).